The largest absolute Gasteiger partial charge is 0.496 e. The maximum Gasteiger partial charge on any atom is 0.319 e. The number of rotatable bonds is 5. The predicted molar refractivity (Wildman–Crippen MR) is 87.1 cm³/mol. The van der Waals surface area contributed by atoms with Gasteiger partial charge in [-0.3, -0.25) is 0 Å². The quantitative estimate of drug-likeness (QED) is 0.795. The summed E-state index contributed by atoms with van der Waals surface area (Å²) >= 11 is 0. The molecule has 0 aliphatic carbocycles. The van der Waals surface area contributed by atoms with E-state index >= 15 is 0 Å². The predicted octanol–water partition coefficient (Wildman–Crippen LogP) is 2.86. The summed E-state index contributed by atoms with van der Waals surface area (Å²) in [6.45, 7) is 1.62. The number of hydrogen-bond acceptors (Lipinski definition) is 3. The van der Waals surface area contributed by atoms with Crippen LogP contribution in [-0.4, -0.2) is 30.9 Å². The van der Waals surface area contributed by atoms with Gasteiger partial charge < -0.3 is 20.5 Å². The summed E-state index contributed by atoms with van der Waals surface area (Å²) in [6, 6.07) is 14.6. The molecular formula is C17H20N2O3. The summed E-state index contributed by atoms with van der Waals surface area (Å²) < 4.78 is 5.36. The van der Waals surface area contributed by atoms with Gasteiger partial charge in [-0.2, -0.15) is 0 Å². The topological polar surface area (TPSA) is 70.6 Å². The molecule has 0 aromatic heterocycles. The van der Waals surface area contributed by atoms with E-state index in [9.17, 15) is 4.79 Å². The fourth-order valence-corrected chi connectivity index (χ4v) is 2.08. The molecule has 0 saturated carbocycles. The lowest BCUT2D eigenvalue weighted by molar-refractivity contribution is 0.229. The Morgan fingerprint density at radius 2 is 2.00 bits per heavy atom. The van der Waals surface area contributed by atoms with Crippen molar-refractivity contribution in [3.05, 3.63) is 48.5 Å². The zero-order valence-corrected chi connectivity index (χ0v) is 12.7. The third-order valence-electron chi connectivity index (χ3n) is 3.19. The molecule has 0 radical (unpaired) electrons. The lowest BCUT2D eigenvalue weighted by atomic mass is 10.0. The minimum absolute atomic E-state index is 0.103. The molecule has 22 heavy (non-hydrogen) atoms. The Balaban J connectivity index is 2.18. The van der Waals surface area contributed by atoms with Crippen molar-refractivity contribution in [3.8, 4) is 16.9 Å². The van der Waals surface area contributed by atoms with Gasteiger partial charge in [0.15, 0.2) is 0 Å². The third kappa shape index (κ3) is 3.99. The molecule has 2 rings (SSSR count). The SMILES string of the molecule is COc1ccccc1-c1cccc(NC(=O)N[C@@H](C)CO)c1. The van der Waals surface area contributed by atoms with Crippen molar-refractivity contribution in [2.75, 3.05) is 19.0 Å². The van der Waals surface area contributed by atoms with Crippen molar-refractivity contribution in [2.45, 2.75) is 13.0 Å². The normalized spacial score (nSPS) is 11.6. The van der Waals surface area contributed by atoms with Gasteiger partial charge in [0.05, 0.1) is 19.8 Å². The van der Waals surface area contributed by atoms with Crippen molar-refractivity contribution < 1.29 is 14.6 Å². The maximum absolute atomic E-state index is 11.8. The van der Waals surface area contributed by atoms with Crippen LogP contribution in [-0.2, 0) is 0 Å². The smallest absolute Gasteiger partial charge is 0.319 e. The van der Waals surface area contributed by atoms with Crippen LogP contribution in [0.4, 0.5) is 10.5 Å². The van der Waals surface area contributed by atoms with Crippen LogP contribution in [0.5, 0.6) is 5.75 Å². The van der Waals surface area contributed by atoms with E-state index in [1.54, 1.807) is 14.0 Å². The van der Waals surface area contributed by atoms with Crippen molar-refractivity contribution >= 4 is 11.7 Å². The highest BCUT2D eigenvalue weighted by molar-refractivity contribution is 5.90. The Bertz CT molecular complexity index is 643. The first-order chi connectivity index (χ1) is 10.6. The fourth-order valence-electron chi connectivity index (χ4n) is 2.08. The summed E-state index contributed by atoms with van der Waals surface area (Å²) in [5.41, 5.74) is 2.58. The molecule has 2 aromatic rings. The number of aliphatic hydroxyl groups excluding tert-OH is 1. The average Bonchev–Trinajstić information content (AvgIpc) is 2.54. The summed E-state index contributed by atoms with van der Waals surface area (Å²) in [5, 5.41) is 14.3. The van der Waals surface area contributed by atoms with Crippen LogP contribution in [0.25, 0.3) is 11.1 Å². The van der Waals surface area contributed by atoms with Crippen LogP contribution in [0.3, 0.4) is 0 Å². The van der Waals surface area contributed by atoms with E-state index in [1.165, 1.54) is 0 Å². The number of carbonyl (C=O) groups excluding carboxylic acids is 1. The van der Waals surface area contributed by atoms with Crippen LogP contribution in [0, 0.1) is 0 Å². The van der Waals surface area contributed by atoms with Gasteiger partial charge in [-0.1, -0.05) is 30.3 Å². The van der Waals surface area contributed by atoms with Gasteiger partial charge in [0.1, 0.15) is 5.75 Å². The van der Waals surface area contributed by atoms with Gasteiger partial charge in [-0.05, 0) is 30.7 Å². The number of hydrogen-bond donors (Lipinski definition) is 3. The average molecular weight is 300 g/mol. The second-order valence-corrected chi connectivity index (χ2v) is 4.96. The second kappa shape index (κ2) is 7.47. The lowest BCUT2D eigenvalue weighted by Gasteiger charge is -2.13. The van der Waals surface area contributed by atoms with Crippen LogP contribution >= 0.6 is 0 Å². The van der Waals surface area contributed by atoms with Gasteiger partial charge in [-0.25, -0.2) is 4.79 Å². The van der Waals surface area contributed by atoms with E-state index in [2.05, 4.69) is 10.6 Å². The summed E-state index contributed by atoms with van der Waals surface area (Å²) in [5.74, 6) is 0.776. The first kappa shape index (κ1) is 15.9. The molecule has 0 aliphatic heterocycles. The number of anilines is 1. The molecule has 0 bridgehead atoms. The van der Waals surface area contributed by atoms with Crippen LogP contribution < -0.4 is 15.4 Å². The van der Waals surface area contributed by atoms with Crippen LogP contribution in [0.2, 0.25) is 0 Å². The highest BCUT2D eigenvalue weighted by atomic mass is 16.5. The molecule has 0 fully saturated rings. The molecular weight excluding hydrogens is 280 g/mol. The Morgan fingerprint density at radius 1 is 1.23 bits per heavy atom. The number of nitrogens with one attached hydrogen (secondary N) is 2. The van der Waals surface area contributed by atoms with E-state index in [-0.39, 0.29) is 18.7 Å². The van der Waals surface area contributed by atoms with Crippen molar-refractivity contribution in [2.24, 2.45) is 0 Å². The number of urea groups is 1. The standard InChI is InChI=1S/C17H20N2O3/c1-12(11-20)18-17(21)19-14-7-5-6-13(10-14)15-8-3-4-9-16(15)22-2/h3-10,12,20H,11H2,1-2H3,(H2,18,19,21)/t12-/m0/s1. The molecule has 0 heterocycles. The minimum atomic E-state index is -0.348. The molecule has 0 aliphatic rings. The molecule has 116 valence electrons. The molecule has 5 nitrogen and oxygen atoms in total. The van der Waals surface area contributed by atoms with Gasteiger partial charge >= 0.3 is 6.03 Å². The fraction of sp³-hybridized carbons (Fsp3) is 0.235. The van der Waals surface area contributed by atoms with Crippen molar-refractivity contribution in [1.29, 1.82) is 0 Å². The lowest BCUT2D eigenvalue weighted by Crippen LogP contribution is -2.38. The maximum atomic E-state index is 11.8. The molecule has 0 unspecified atom stereocenters. The van der Waals surface area contributed by atoms with Gasteiger partial charge in [0.25, 0.3) is 0 Å². The van der Waals surface area contributed by atoms with Crippen molar-refractivity contribution in [3.63, 3.8) is 0 Å². The number of methoxy groups -OCH3 is 1. The Labute approximate surface area is 129 Å². The molecule has 0 saturated heterocycles. The summed E-state index contributed by atoms with van der Waals surface area (Å²) in [7, 11) is 1.63. The number of ether oxygens (including phenoxy) is 1. The third-order valence-corrected chi connectivity index (χ3v) is 3.19. The monoisotopic (exact) mass is 300 g/mol. The Kier molecular flexibility index (Phi) is 5.38. The van der Waals surface area contributed by atoms with Gasteiger partial charge in [0, 0.05) is 11.3 Å². The molecule has 5 heteroatoms. The first-order valence-corrected chi connectivity index (χ1v) is 7.06. The van der Waals surface area contributed by atoms with Gasteiger partial charge in [-0.15, -0.1) is 0 Å². The number of benzene rings is 2. The molecule has 3 N–H and O–H groups in total. The Hall–Kier alpha value is -2.53. The van der Waals surface area contributed by atoms with Crippen molar-refractivity contribution in [1.82, 2.24) is 5.32 Å². The van der Waals surface area contributed by atoms with E-state index in [0.717, 1.165) is 16.9 Å². The first-order valence-electron chi connectivity index (χ1n) is 7.06. The van der Waals surface area contributed by atoms with Crippen LogP contribution in [0.15, 0.2) is 48.5 Å². The molecule has 1 atom stereocenters. The number of carbonyl (C=O) groups is 1. The molecule has 2 aromatic carbocycles. The summed E-state index contributed by atoms with van der Waals surface area (Å²) in [4.78, 5) is 11.8. The van der Waals surface area contributed by atoms with E-state index < -0.39 is 0 Å². The highest BCUT2D eigenvalue weighted by Gasteiger charge is 2.08. The highest BCUT2D eigenvalue weighted by Crippen LogP contribution is 2.30. The zero-order chi connectivity index (χ0) is 15.9. The summed E-state index contributed by atoms with van der Waals surface area (Å²) in [6.07, 6.45) is 0. The number of para-hydroxylation sites is 1. The molecule has 0 spiro atoms. The van der Waals surface area contributed by atoms with E-state index in [1.807, 2.05) is 48.5 Å². The zero-order valence-electron chi connectivity index (χ0n) is 12.7. The van der Waals surface area contributed by atoms with Gasteiger partial charge in [0.2, 0.25) is 0 Å². The number of amides is 2. The van der Waals surface area contributed by atoms with Crippen LogP contribution in [0.1, 0.15) is 6.92 Å². The minimum Gasteiger partial charge on any atom is -0.496 e. The number of aliphatic hydroxyl groups is 1. The molecule has 2 amide bonds. The Morgan fingerprint density at radius 3 is 2.73 bits per heavy atom. The second-order valence-electron chi connectivity index (χ2n) is 4.96. The van der Waals surface area contributed by atoms with E-state index in [0.29, 0.717) is 5.69 Å². The van der Waals surface area contributed by atoms with E-state index in [4.69, 9.17) is 9.84 Å².